The molecule has 0 saturated carbocycles. The predicted molar refractivity (Wildman–Crippen MR) is 70.8 cm³/mol. The Morgan fingerprint density at radius 1 is 1.44 bits per heavy atom. The van der Waals surface area contributed by atoms with Gasteiger partial charge < -0.3 is 5.73 Å². The molecule has 2 N–H and O–H groups in total. The molecule has 2 heterocycles. The fourth-order valence-corrected chi connectivity index (χ4v) is 3.66. The highest BCUT2D eigenvalue weighted by Crippen LogP contribution is 2.31. The summed E-state index contributed by atoms with van der Waals surface area (Å²) in [4.78, 5) is 4.18. The summed E-state index contributed by atoms with van der Waals surface area (Å²) in [5, 5.41) is 2.22. The Morgan fingerprint density at radius 2 is 2.19 bits per heavy atom. The van der Waals surface area contributed by atoms with Crippen LogP contribution in [0.4, 0.5) is 0 Å². The van der Waals surface area contributed by atoms with Crippen molar-refractivity contribution in [1.82, 2.24) is 4.90 Å². The fraction of sp³-hybridized carbons (Fsp3) is 0.692. The Labute approximate surface area is 102 Å². The predicted octanol–water partition coefficient (Wildman–Crippen LogP) is 2.62. The van der Waals surface area contributed by atoms with Gasteiger partial charge in [-0.05, 0) is 36.3 Å². The van der Waals surface area contributed by atoms with Crippen molar-refractivity contribution in [2.24, 2.45) is 5.73 Å². The molecule has 0 bridgehead atoms. The van der Waals surface area contributed by atoms with Crippen molar-refractivity contribution in [2.45, 2.75) is 45.2 Å². The number of thiophene rings is 1. The summed E-state index contributed by atoms with van der Waals surface area (Å²) in [6.07, 6.45) is 3.51. The largest absolute Gasteiger partial charge is 0.329 e. The second kappa shape index (κ2) is 4.86. The van der Waals surface area contributed by atoms with Crippen LogP contribution in [0.3, 0.4) is 0 Å². The average Bonchev–Trinajstić information content (AvgIpc) is 2.79. The number of nitrogens with zero attached hydrogens (tertiary/aromatic N) is 1. The lowest BCUT2D eigenvalue weighted by atomic mass is 9.88. The van der Waals surface area contributed by atoms with E-state index in [2.05, 4.69) is 30.2 Å². The highest BCUT2D eigenvalue weighted by molar-refractivity contribution is 7.10. The molecule has 0 fully saturated rings. The number of hydrogen-bond acceptors (Lipinski definition) is 3. The Morgan fingerprint density at radius 3 is 2.81 bits per heavy atom. The van der Waals surface area contributed by atoms with E-state index in [1.54, 1.807) is 4.88 Å². The summed E-state index contributed by atoms with van der Waals surface area (Å²) in [6.45, 7) is 7.57. The van der Waals surface area contributed by atoms with Crippen LogP contribution in [0, 0.1) is 0 Å². The monoisotopic (exact) mass is 238 g/mol. The van der Waals surface area contributed by atoms with Gasteiger partial charge in [0.1, 0.15) is 0 Å². The number of hydrogen-bond donors (Lipinski definition) is 1. The molecule has 1 aromatic rings. The van der Waals surface area contributed by atoms with Gasteiger partial charge in [-0.15, -0.1) is 11.3 Å². The van der Waals surface area contributed by atoms with Gasteiger partial charge in [-0.2, -0.15) is 0 Å². The Bertz CT molecular complexity index is 333. The van der Waals surface area contributed by atoms with Gasteiger partial charge in [0.25, 0.3) is 0 Å². The molecule has 0 aromatic carbocycles. The lowest BCUT2D eigenvalue weighted by Gasteiger charge is -2.44. The molecule has 1 aromatic heterocycles. The van der Waals surface area contributed by atoms with Gasteiger partial charge in [-0.25, -0.2) is 0 Å². The first kappa shape index (κ1) is 12.1. The van der Waals surface area contributed by atoms with Gasteiger partial charge in [0.15, 0.2) is 0 Å². The lowest BCUT2D eigenvalue weighted by Crippen LogP contribution is -2.54. The Balaban J connectivity index is 2.18. The second-order valence-electron chi connectivity index (χ2n) is 4.68. The number of nitrogens with two attached hydrogens (primary N) is 1. The van der Waals surface area contributed by atoms with Crippen LogP contribution in [0.15, 0.2) is 11.4 Å². The van der Waals surface area contributed by atoms with E-state index in [1.807, 2.05) is 11.3 Å². The summed E-state index contributed by atoms with van der Waals surface area (Å²) in [5.74, 6) is 0. The minimum atomic E-state index is 0.222. The quantitative estimate of drug-likeness (QED) is 0.873. The molecule has 3 heteroatoms. The van der Waals surface area contributed by atoms with Crippen LogP contribution in [0.25, 0.3) is 0 Å². The van der Waals surface area contributed by atoms with Crippen LogP contribution < -0.4 is 5.73 Å². The van der Waals surface area contributed by atoms with Crippen LogP contribution in [-0.2, 0) is 13.0 Å². The van der Waals surface area contributed by atoms with Gasteiger partial charge >= 0.3 is 0 Å². The third-order valence-electron chi connectivity index (χ3n) is 4.17. The van der Waals surface area contributed by atoms with E-state index in [0.29, 0.717) is 0 Å². The number of fused-ring (bicyclic) bond motifs is 1. The van der Waals surface area contributed by atoms with Crippen molar-refractivity contribution in [3.8, 4) is 0 Å². The number of rotatable bonds is 4. The molecule has 90 valence electrons. The molecule has 1 aliphatic heterocycles. The van der Waals surface area contributed by atoms with E-state index < -0.39 is 0 Å². The summed E-state index contributed by atoms with van der Waals surface area (Å²) in [5.41, 5.74) is 7.76. The molecule has 16 heavy (non-hydrogen) atoms. The molecule has 0 unspecified atom stereocenters. The van der Waals surface area contributed by atoms with Crippen LogP contribution in [0.2, 0.25) is 0 Å². The zero-order valence-corrected chi connectivity index (χ0v) is 11.1. The maximum atomic E-state index is 6.02. The molecular weight excluding hydrogens is 216 g/mol. The van der Waals surface area contributed by atoms with Crippen LogP contribution in [0.1, 0.15) is 37.1 Å². The van der Waals surface area contributed by atoms with E-state index in [4.69, 9.17) is 5.73 Å². The third-order valence-corrected chi connectivity index (χ3v) is 5.20. The van der Waals surface area contributed by atoms with Crippen LogP contribution >= 0.6 is 11.3 Å². The first-order valence-electron chi connectivity index (χ1n) is 6.26. The van der Waals surface area contributed by atoms with Crippen molar-refractivity contribution in [3.63, 3.8) is 0 Å². The molecular formula is C13H22N2S. The molecule has 0 spiro atoms. The fourth-order valence-electron chi connectivity index (χ4n) is 2.77. The normalized spacial score (nSPS) is 17.4. The second-order valence-corrected chi connectivity index (χ2v) is 5.68. The maximum Gasteiger partial charge on any atom is 0.0330 e. The zero-order valence-electron chi connectivity index (χ0n) is 10.3. The summed E-state index contributed by atoms with van der Waals surface area (Å²) >= 11 is 1.90. The van der Waals surface area contributed by atoms with Gasteiger partial charge in [0.05, 0.1) is 0 Å². The molecule has 0 radical (unpaired) electrons. The smallest absolute Gasteiger partial charge is 0.0330 e. The molecule has 0 saturated heterocycles. The van der Waals surface area contributed by atoms with Gasteiger partial charge in [0, 0.05) is 30.1 Å². The van der Waals surface area contributed by atoms with Gasteiger partial charge in [-0.1, -0.05) is 13.8 Å². The van der Waals surface area contributed by atoms with Crippen LogP contribution in [0.5, 0.6) is 0 Å². The molecule has 0 aliphatic carbocycles. The highest BCUT2D eigenvalue weighted by atomic mass is 32.1. The molecule has 2 rings (SSSR count). The maximum absolute atomic E-state index is 6.02. The van der Waals surface area contributed by atoms with E-state index in [9.17, 15) is 0 Å². The molecule has 2 nitrogen and oxygen atoms in total. The van der Waals surface area contributed by atoms with Gasteiger partial charge in [0.2, 0.25) is 0 Å². The minimum Gasteiger partial charge on any atom is -0.329 e. The van der Waals surface area contributed by atoms with E-state index in [-0.39, 0.29) is 5.54 Å². The van der Waals surface area contributed by atoms with Crippen molar-refractivity contribution in [1.29, 1.82) is 0 Å². The standard InChI is InChI=1S/C13H22N2S/c1-3-13(4-2,10-14)15-7-5-12-11(9-15)6-8-16-12/h6,8H,3-5,7,9-10,14H2,1-2H3. The van der Waals surface area contributed by atoms with E-state index in [1.165, 1.54) is 18.5 Å². The van der Waals surface area contributed by atoms with Gasteiger partial charge in [-0.3, -0.25) is 4.90 Å². The van der Waals surface area contributed by atoms with Crippen LogP contribution in [-0.4, -0.2) is 23.5 Å². The highest BCUT2D eigenvalue weighted by Gasteiger charge is 2.34. The zero-order chi connectivity index (χ0) is 11.6. The Hall–Kier alpha value is -0.380. The average molecular weight is 238 g/mol. The van der Waals surface area contributed by atoms with Crippen molar-refractivity contribution < 1.29 is 0 Å². The van der Waals surface area contributed by atoms with Crippen molar-refractivity contribution in [3.05, 3.63) is 21.9 Å². The summed E-state index contributed by atoms with van der Waals surface area (Å²) < 4.78 is 0. The first-order valence-corrected chi connectivity index (χ1v) is 7.14. The Kier molecular flexibility index (Phi) is 3.67. The molecule has 1 aliphatic rings. The lowest BCUT2D eigenvalue weighted by molar-refractivity contribution is 0.0718. The summed E-state index contributed by atoms with van der Waals surface area (Å²) in [6, 6.07) is 2.28. The molecule has 0 amide bonds. The first-order chi connectivity index (χ1) is 7.75. The van der Waals surface area contributed by atoms with E-state index in [0.717, 1.165) is 25.9 Å². The third kappa shape index (κ3) is 1.92. The SMILES string of the molecule is CCC(CC)(CN)N1CCc2sccc2C1. The molecule has 0 atom stereocenters. The summed E-state index contributed by atoms with van der Waals surface area (Å²) in [7, 11) is 0. The topological polar surface area (TPSA) is 29.3 Å². The minimum absolute atomic E-state index is 0.222. The van der Waals surface area contributed by atoms with Crippen molar-refractivity contribution >= 4 is 11.3 Å². The van der Waals surface area contributed by atoms with E-state index >= 15 is 0 Å². The van der Waals surface area contributed by atoms with Crippen molar-refractivity contribution in [2.75, 3.05) is 13.1 Å².